The van der Waals surface area contributed by atoms with Gasteiger partial charge in [0.15, 0.2) is 0 Å². The summed E-state index contributed by atoms with van der Waals surface area (Å²) < 4.78 is 6.84. The Morgan fingerprint density at radius 3 is 2.74 bits per heavy atom. The number of halogens is 2. The minimum Gasteiger partial charge on any atom is -0.495 e. The molecule has 0 saturated carbocycles. The van der Waals surface area contributed by atoms with Crippen LogP contribution >= 0.6 is 31.9 Å². The maximum atomic E-state index is 11.8. The van der Waals surface area contributed by atoms with Crippen LogP contribution in [0, 0.1) is 11.8 Å². The maximum Gasteiger partial charge on any atom is 0.224 e. The number of rotatable bonds is 5. The maximum absolute atomic E-state index is 11.8. The van der Waals surface area contributed by atoms with E-state index in [0.29, 0.717) is 17.9 Å². The molecule has 0 saturated heterocycles. The molecule has 0 bridgehead atoms. The number of unbranched alkanes of at least 4 members (excludes halogenated alkanes) is 1. The standard InChI is InChI=1S/C14H15Br2NO2/c1-3-4-5-6-7-14(18)17-12-9-13(19-2)11(16)8-10(12)15/h8-9H,5-7H2,1-2H3,(H,17,18). The van der Waals surface area contributed by atoms with Gasteiger partial charge in [-0.15, -0.1) is 11.8 Å². The molecule has 5 heteroatoms. The van der Waals surface area contributed by atoms with E-state index in [1.54, 1.807) is 20.1 Å². The van der Waals surface area contributed by atoms with Gasteiger partial charge in [-0.05, 0) is 51.3 Å². The zero-order valence-electron chi connectivity index (χ0n) is 10.8. The van der Waals surface area contributed by atoms with Crippen molar-refractivity contribution in [3.63, 3.8) is 0 Å². The summed E-state index contributed by atoms with van der Waals surface area (Å²) in [7, 11) is 1.59. The highest BCUT2D eigenvalue weighted by Crippen LogP contribution is 2.34. The SMILES string of the molecule is CC#CCCCC(=O)Nc1cc(OC)c(Br)cc1Br. The molecule has 0 aromatic heterocycles. The van der Waals surface area contributed by atoms with E-state index in [4.69, 9.17) is 4.74 Å². The molecule has 1 aromatic rings. The van der Waals surface area contributed by atoms with Crippen LogP contribution in [0.15, 0.2) is 21.1 Å². The van der Waals surface area contributed by atoms with Gasteiger partial charge in [-0.1, -0.05) is 0 Å². The third-order valence-electron chi connectivity index (χ3n) is 2.40. The molecule has 0 fully saturated rings. The summed E-state index contributed by atoms with van der Waals surface area (Å²) in [6.45, 7) is 1.80. The van der Waals surface area contributed by atoms with Crippen molar-refractivity contribution in [1.29, 1.82) is 0 Å². The highest BCUT2D eigenvalue weighted by Gasteiger charge is 2.09. The predicted molar refractivity (Wildman–Crippen MR) is 84.3 cm³/mol. The van der Waals surface area contributed by atoms with E-state index < -0.39 is 0 Å². The zero-order chi connectivity index (χ0) is 14.3. The van der Waals surface area contributed by atoms with Gasteiger partial charge in [0.1, 0.15) is 5.75 Å². The molecule has 102 valence electrons. The number of methoxy groups -OCH3 is 1. The molecule has 1 rings (SSSR count). The van der Waals surface area contributed by atoms with Crippen molar-refractivity contribution >= 4 is 43.5 Å². The van der Waals surface area contributed by atoms with Crippen molar-refractivity contribution in [1.82, 2.24) is 0 Å². The van der Waals surface area contributed by atoms with E-state index >= 15 is 0 Å². The van der Waals surface area contributed by atoms with Crippen LogP contribution in [0.2, 0.25) is 0 Å². The Kier molecular flexibility index (Phi) is 6.96. The second-order valence-electron chi connectivity index (χ2n) is 3.80. The van der Waals surface area contributed by atoms with E-state index in [2.05, 4.69) is 49.0 Å². The summed E-state index contributed by atoms with van der Waals surface area (Å²) in [6.07, 6.45) is 1.96. The van der Waals surface area contributed by atoms with E-state index in [9.17, 15) is 4.79 Å². The van der Waals surface area contributed by atoms with Gasteiger partial charge in [-0.3, -0.25) is 4.79 Å². The Morgan fingerprint density at radius 1 is 1.37 bits per heavy atom. The first-order chi connectivity index (χ1) is 9.08. The molecule has 1 amide bonds. The van der Waals surface area contributed by atoms with Crippen molar-refractivity contribution in [2.45, 2.75) is 26.2 Å². The Bertz CT molecular complexity index is 518. The summed E-state index contributed by atoms with van der Waals surface area (Å²) >= 11 is 6.79. The molecule has 0 spiro atoms. The summed E-state index contributed by atoms with van der Waals surface area (Å²) in [5, 5.41) is 2.85. The minimum atomic E-state index is -0.0250. The number of ether oxygens (including phenoxy) is 1. The van der Waals surface area contributed by atoms with Gasteiger partial charge in [-0.2, -0.15) is 0 Å². The van der Waals surface area contributed by atoms with Crippen LogP contribution in [-0.2, 0) is 4.79 Å². The fourth-order valence-corrected chi connectivity index (χ4v) is 2.71. The van der Waals surface area contributed by atoms with Crippen LogP contribution in [0.4, 0.5) is 5.69 Å². The number of carbonyl (C=O) groups excluding carboxylic acids is 1. The molecular formula is C14H15Br2NO2. The normalized spacial score (nSPS) is 9.47. The topological polar surface area (TPSA) is 38.3 Å². The Hall–Kier alpha value is -0.990. The molecule has 0 radical (unpaired) electrons. The number of carbonyl (C=O) groups is 1. The first kappa shape index (κ1) is 16.1. The van der Waals surface area contributed by atoms with Gasteiger partial charge < -0.3 is 10.1 Å². The van der Waals surface area contributed by atoms with E-state index in [1.807, 2.05) is 6.07 Å². The predicted octanol–water partition coefficient (Wildman–Crippen LogP) is 4.35. The van der Waals surface area contributed by atoms with Gasteiger partial charge in [-0.25, -0.2) is 0 Å². The molecule has 0 aliphatic carbocycles. The van der Waals surface area contributed by atoms with Crippen LogP contribution in [0.25, 0.3) is 0 Å². The minimum absolute atomic E-state index is 0.0250. The number of hydrogen-bond acceptors (Lipinski definition) is 2. The fraction of sp³-hybridized carbons (Fsp3) is 0.357. The molecule has 1 aromatic carbocycles. The Morgan fingerprint density at radius 2 is 2.11 bits per heavy atom. The molecule has 19 heavy (non-hydrogen) atoms. The van der Waals surface area contributed by atoms with Gasteiger partial charge in [0.2, 0.25) is 5.91 Å². The zero-order valence-corrected chi connectivity index (χ0v) is 14.0. The monoisotopic (exact) mass is 387 g/mol. The van der Waals surface area contributed by atoms with E-state index in [-0.39, 0.29) is 5.91 Å². The van der Waals surface area contributed by atoms with Crippen LogP contribution in [0.5, 0.6) is 5.75 Å². The molecule has 0 atom stereocenters. The number of nitrogens with one attached hydrogen (secondary N) is 1. The van der Waals surface area contributed by atoms with Crippen molar-refractivity contribution in [3.8, 4) is 17.6 Å². The largest absolute Gasteiger partial charge is 0.495 e. The Balaban J connectivity index is 2.65. The second-order valence-corrected chi connectivity index (χ2v) is 5.50. The van der Waals surface area contributed by atoms with Crippen molar-refractivity contribution < 1.29 is 9.53 Å². The van der Waals surface area contributed by atoms with Crippen molar-refractivity contribution in [3.05, 3.63) is 21.1 Å². The first-order valence-corrected chi connectivity index (χ1v) is 7.39. The van der Waals surface area contributed by atoms with Gasteiger partial charge in [0, 0.05) is 23.4 Å². The van der Waals surface area contributed by atoms with E-state index in [0.717, 1.165) is 21.8 Å². The summed E-state index contributed by atoms with van der Waals surface area (Å²) in [4.78, 5) is 11.8. The molecule has 0 aliphatic rings. The molecular weight excluding hydrogens is 374 g/mol. The lowest BCUT2D eigenvalue weighted by Gasteiger charge is -2.10. The van der Waals surface area contributed by atoms with Gasteiger partial charge in [0.25, 0.3) is 0 Å². The lowest BCUT2D eigenvalue weighted by atomic mass is 10.2. The second kappa shape index (κ2) is 8.23. The smallest absolute Gasteiger partial charge is 0.224 e. The number of benzene rings is 1. The number of amides is 1. The lowest BCUT2D eigenvalue weighted by molar-refractivity contribution is -0.116. The molecule has 3 nitrogen and oxygen atoms in total. The van der Waals surface area contributed by atoms with Gasteiger partial charge >= 0.3 is 0 Å². The van der Waals surface area contributed by atoms with Gasteiger partial charge in [0.05, 0.1) is 17.3 Å². The molecule has 0 heterocycles. The summed E-state index contributed by atoms with van der Waals surface area (Å²) in [5.41, 5.74) is 0.701. The van der Waals surface area contributed by atoms with Crippen LogP contribution in [-0.4, -0.2) is 13.0 Å². The highest BCUT2D eigenvalue weighted by molar-refractivity contribution is 9.11. The summed E-state index contributed by atoms with van der Waals surface area (Å²) in [6, 6.07) is 3.62. The molecule has 0 aliphatic heterocycles. The van der Waals surface area contributed by atoms with Crippen LogP contribution in [0.1, 0.15) is 26.2 Å². The third-order valence-corrected chi connectivity index (χ3v) is 3.67. The first-order valence-electron chi connectivity index (χ1n) is 5.81. The van der Waals surface area contributed by atoms with Crippen LogP contribution in [0.3, 0.4) is 0 Å². The fourth-order valence-electron chi connectivity index (χ4n) is 1.46. The highest BCUT2D eigenvalue weighted by atomic mass is 79.9. The number of anilines is 1. The summed E-state index contributed by atoms with van der Waals surface area (Å²) in [5.74, 6) is 6.40. The lowest BCUT2D eigenvalue weighted by Crippen LogP contribution is -2.11. The van der Waals surface area contributed by atoms with Crippen molar-refractivity contribution in [2.24, 2.45) is 0 Å². The average Bonchev–Trinajstić information content (AvgIpc) is 2.38. The number of hydrogen-bond donors (Lipinski definition) is 1. The van der Waals surface area contributed by atoms with Crippen LogP contribution < -0.4 is 10.1 Å². The van der Waals surface area contributed by atoms with Crippen molar-refractivity contribution in [2.75, 3.05) is 12.4 Å². The third kappa shape index (κ3) is 5.25. The molecule has 0 unspecified atom stereocenters. The van der Waals surface area contributed by atoms with E-state index in [1.165, 1.54) is 0 Å². The average molecular weight is 389 g/mol. The molecule has 1 N–H and O–H groups in total. The quantitative estimate of drug-likeness (QED) is 0.601. The Labute approximate surface area is 130 Å².